The second-order valence-corrected chi connectivity index (χ2v) is 6.43. The van der Waals surface area contributed by atoms with Crippen LogP contribution in [-0.4, -0.2) is 17.4 Å². The minimum atomic E-state index is -3.50. The average Bonchev–Trinajstić information content (AvgIpc) is 2.65. The Labute approximate surface area is 101 Å². The Balaban J connectivity index is 2.36. The number of hydrogen-bond acceptors (Lipinski definition) is 4. The zero-order valence-electron chi connectivity index (χ0n) is 7.79. The highest BCUT2D eigenvalue weighted by atomic mass is 35.5. The molecule has 1 aromatic carbocycles. The Hall–Kier alpha value is -0.980. The Bertz CT molecular complexity index is 679. The van der Waals surface area contributed by atoms with Crippen LogP contribution in [0.1, 0.15) is 0 Å². The summed E-state index contributed by atoms with van der Waals surface area (Å²) in [5, 5.41) is 0.955. The van der Waals surface area contributed by atoms with E-state index in [1.807, 2.05) is 0 Å². The third-order valence-electron chi connectivity index (χ3n) is 2.22. The van der Waals surface area contributed by atoms with Crippen LogP contribution in [-0.2, 0) is 10.0 Å². The molecule has 1 aromatic heterocycles. The van der Waals surface area contributed by atoms with E-state index < -0.39 is 10.0 Å². The summed E-state index contributed by atoms with van der Waals surface area (Å²) in [6, 6.07) is 4.72. The first kappa shape index (κ1) is 10.2. The highest BCUT2D eigenvalue weighted by Crippen LogP contribution is 2.39. The average molecular weight is 273 g/mol. The Morgan fingerprint density at radius 1 is 1.38 bits per heavy atom. The maximum absolute atomic E-state index is 12.1. The van der Waals surface area contributed by atoms with Crippen molar-refractivity contribution in [1.82, 2.24) is 8.96 Å². The first-order chi connectivity index (χ1) is 7.59. The van der Waals surface area contributed by atoms with Crippen molar-refractivity contribution in [3.8, 4) is 0 Å². The lowest BCUT2D eigenvalue weighted by molar-refractivity contribution is 0.578. The molecule has 0 saturated heterocycles. The summed E-state index contributed by atoms with van der Waals surface area (Å²) in [7, 11) is -3.50. The molecule has 0 radical (unpaired) electrons. The summed E-state index contributed by atoms with van der Waals surface area (Å²) in [6.07, 6.45) is 2.91. The van der Waals surface area contributed by atoms with Gasteiger partial charge in [0.1, 0.15) is 4.90 Å². The first-order valence-corrected chi connectivity index (χ1v) is 6.99. The highest BCUT2D eigenvalue weighted by Gasteiger charge is 2.29. The van der Waals surface area contributed by atoms with E-state index in [1.165, 1.54) is 34.2 Å². The molecule has 4 nitrogen and oxygen atoms in total. The van der Waals surface area contributed by atoms with Gasteiger partial charge in [0, 0.05) is 22.3 Å². The van der Waals surface area contributed by atoms with E-state index in [0.29, 0.717) is 15.1 Å². The van der Waals surface area contributed by atoms with E-state index in [4.69, 9.17) is 11.6 Å². The van der Waals surface area contributed by atoms with E-state index in [-0.39, 0.29) is 4.90 Å². The number of rotatable bonds is 0. The Morgan fingerprint density at radius 2 is 2.19 bits per heavy atom. The molecule has 0 saturated carbocycles. The van der Waals surface area contributed by atoms with Crippen molar-refractivity contribution in [2.75, 3.05) is 0 Å². The monoisotopic (exact) mass is 272 g/mol. The van der Waals surface area contributed by atoms with Crippen LogP contribution in [0.25, 0.3) is 0 Å². The molecule has 2 aromatic rings. The molecule has 16 heavy (non-hydrogen) atoms. The predicted molar refractivity (Wildman–Crippen MR) is 60.4 cm³/mol. The van der Waals surface area contributed by atoms with Crippen molar-refractivity contribution < 1.29 is 8.42 Å². The van der Waals surface area contributed by atoms with Crippen LogP contribution in [0.15, 0.2) is 45.5 Å². The van der Waals surface area contributed by atoms with Gasteiger partial charge in [0.25, 0.3) is 10.0 Å². The van der Waals surface area contributed by atoms with Gasteiger partial charge >= 0.3 is 0 Å². The summed E-state index contributed by atoms with van der Waals surface area (Å²) >= 11 is 7.13. The molecule has 0 N–H and O–H groups in total. The molecule has 0 bridgehead atoms. The van der Waals surface area contributed by atoms with Gasteiger partial charge in [0.15, 0.2) is 5.16 Å². The largest absolute Gasteiger partial charge is 0.270 e. The van der Waals surface area contributed by atoms with Gasteiger partial charge in [-0.25, -0.2) is 17.4 Å². The molecule has 0 aliphatic carbocycles. The van der Waals surface area contributed by atoms with Crippen LogP contribution in [0.5, 0.6) is 0 Å². The van der Waals surface area contributed by atoms with Gasteiger partial charge in [-0.05, 0) is 30.0 Å². The number of nitrogens with zero attached hydrogens (tertiary/aromatic N) is 2. The van der Waals surface area contributed by atoms with E-state index >= 15 is 0 Å². The molecule has 1 aliphatic rings. The summed E-state index contributed by atoms with van der Waals surface area (Å²) in [5.74, 6) is 0. The first-order valence-electron chi connectivity index (χ1n) is 4.35. The number of halogens is 1. The van der Waals surface area contributed by atoms with Gasteiger partial charge in [0.2, 0.25) is 0 Å². The lowest BCUT2D eigenvalue weighted by Gasteiger charge is -2.17. The predicted octanol–water partition coefficient (Wildman–Crippen LogP) is 2.24. The molecule has 0 unspecified atom stereocenters. The molecule has 3 rings (SSSR count). The van der Waals surface area contributed by atoms with Gasteiger partial charge in [-0.3, -0.25) is 0 Å². The van der Waals surface area contributed by atoms with Gasteiger partial charge in [-0.1, -0.05) is 11.6 Å². The summed E-state index contributed by atoms with van der Waals surface area (Å²) in [4.78, 5) is 4.87. The lowest BCUT2D eigenvalue weighted by atomic mass is 10.4. The minimum Gasteiger partial charge on any atom is -0.230 e. The van der Waals surface area contributed by atoms with Crippen LogP contribution in [0.4, 0.5) is 0 Å². The molecule has 0 fully saturated rings. The van der Waals surface area contributed by atoms with Crippen LogP contribution in [0.2, 0.25) is 5.02 Å². The number of imidazole rings is 1. The summed E-state index contributed by atoms with van der Waals surface area (Å²) < 4.78 is 25.4. The van der Waals surface area contributed by atoms with Crippen molar-refractivity contribution >= 4 is 33.4 Å². The van der Waals surface area contributed by atoms with Gasteiger partial charge < -0.3 is 0 Å². The van der Waals surface area contributed by atoms with Crippen LogP contribution >= 0.6 is 23.4 Å². The van der Waals surface area contributed by atoms with E-state index in [9.17, 15) is 8.42 Å². The lowest BCUT2D eigenvalue weighted by Crippen LogP contribution is -2.17. The molecule has 0 spiro atoms. The number of hydrogen-bond donors (Lipinski definition) is 0. The fourth-order valence-electron chi connectivity index (χ4n) is 1.51. The second-order valence-electron chi connectivity index (χ2n) is 3.20. The summed E-state index contributed by atoms with van der Waals surface area (Å²) in [6.45, 7) is 0. The molecule has 82 valence electrons. The van der Waals surface area contributed by atoms with Gasteiger partial charge in [0.05, 0.1) is 0 Å². The molecular weight excluding hydrogens is 268 g/mol. The fourth-order valence-corrected chi connectivity index (χ4v) is 4.64. The number of aromatic nitrogens is 2. The van der Waals surface area contributed by atoms with Crippen LogP contribution < -0.4 is 0 Å². The van der Waals surface area contributed by atoms with Crippen molar-refractivity contribution in [2.45, 2.75) is 14.9 Å². The third-order valence-corrected chi connectivity index (χ3v) is 5.47. The SMILES string of the molecule is O=S1(=O)c2ccc(Cl)cc2Sc2nccn21. The maximum atomic E-state index is 12.1. The van der Waals surface area contributed by atoms with Crippen molar-refractivity contribution in [2.24, 2.45) is 0 Å². The molecule has 7 heteroatoms. The van der Waals surface area contributed by atoms with Crippen molar-refractivity contribution in [1.29, 1.82) is 0 Å². The van der Waals surface area contributed by atoms with Crippen LogP contribution in [0, 0.1) is 0 Å². The molecular formula is C9H5ClN2O2S2. The van der Waals surface area contributed by atoms with E-state index in [0.717, 1.165) is 0 Å². The Morgan fingerprint density at radius 3 is 3.00 bits per heavy atom. The molecule has 1 aliphatic heterocycles. The van der Waals surface area contributed by atoms with E-state index in [1.54, 1.807) is 12.1 Å². The van der Waals surface area contributed by atoms with Crippen molar-refractivity contribution in [3.05, 3.63) is 35.6 Å². The number of benzene rings is 1. The topological polar surface area (TPSA) is 52.0 Å². The highest BCUT2D eigenvalue weighted by molar-refractivity contribution is 8.01. The standard InChI is InChI=1S/C9H5ClN2O2S2/c10-6-1-2-8-7(5-6)15-9-11-3-4-12(9)16(8,13)14/h1-5H. The second kappa shape index (κ2) is 3.26. The van der Waals surface area contributed by atoms with Gasteiger partial charge in [-0.2, -0.15) is 0 Å². The Kier molecular flexibility index (Phi) is 2.07. The van der Waals surface area contributed by atoms with Crippen LogP contribution in [0.3, 0.4) is 0 Å². The molecule has 2 heterocycles. The minimum absolute atomic E-state index is 0.271. The molecule has 0 atom stereocenters. The fraction of sp³-hybridized carbons (Fsp3) is 0. The summed E-state index contributed by atoms with van der Waals surface area (Å²) in [5.41, 5.74) is 0. The zero-order chi connectivity index (χ0) is 11.3. The third kappa shape index (κ3) is 1.30. The normalized spacial score (nSPS) is 16.6. The smallest absolute Gasteiger partial charge is 0.230 e. The molecule has 0 amide bonds. The number of fused-ring (bicyclic) bond motifs is 2. The van der Waals surface area contributed by atoms with Crippen molar-refractivity contribution in [3.63, 3.8) is 0 Å². The maximum Gasteiger partial charge on any atom is 0.270 e. The quantitative estimate of drug-likeness (QED) is 0.630. The van der Waals surface area contributed by atoms with Gasteiger partial charge in [-0.15, -0.1) is 0 Å². The zero-order valence-corrected chi connectivity index (χ0v) is 10.2. The van der Waals surface area contributed by atoms with E-state index in [2.05, 4.69) is 4.98 Å².